The molecule has 0 saturated heterocycles. The van der Waals surface area contributed by atoms with E-state index in [2.05, 4.69) is 30.9 Å². The second-order valence-corrected chi connectivity index (χ2v) is 4.37. The molecule has 0 bridgehead atoms. The summed E-state index contributed by atoms with van der Waals surface area (Å²) >= 11 is 4.98. The van der Waals surface area contributed by atoms with Crippen LogP contribution in [0.4, 0.5) is 0 Å². The van der Waals surface area contributed by atoms with Crippen LogP contribution < -0.4 is 5.73 Å². The number of rotatable bonds is 6. The Morgan fingerprint density at radius 1 is 1.38 bits per heavy atom. The molecule has 0 unspecified atom stereocenters. The van der Waals surface area contributed by atoms with Gasteiger partial charge in [-0.2, -0.15) is 0 Å². The quantitative estimate of drug-likeness (QED) is 0.770. The number of nitrogens with zero attached hydrogens (tertiary/aromatic N) is 1. The summed E-state index contributed by atoms with van der Waals surface area (Å²) in [5.41, 5.74) is 7.86. The fraction of sp³-hybridized carbons (Fsp3) is 0.462. The van der Waals surface area contributed by atoms with E-state index in [1.807, 2.05) is 12.1 Å². The first-order valence-electron chi connectivity index (χ1n) is 5.78. The molecule has 0 saturated carbocycles. The molecule has 2 nitrogen and oxygen atoms in total. The molecule has 0 fully saturated rings. The van der Waals surface area contributed by atoms with Gasteiger partial charge in [0.05, 0.1) is 0 Å². The Kier molecular flexibility index (Phi) is 5.43. The Bertz CT molecular complexity index is 350. The summed E-state index contributed by atoms with van der Waals surface area (Å²) in [6.07, 6.45) is 1.18. The fourth-order valence-corrected chi connectivity index (χ4v) is 1.87. The van der Waals surface area contributed by atoms with Crippen molar-refractivity contribution in [2.24, 2.45) is 5.73 Å². The lowest BCUT2D eigenvalue weighted by molar-refractivity contribution is 0.280. The predicted octanol–water partition coefficient (Wildman–Crippen LogP) is 2.55. The fourth-order valence-electron chi connectivity index (χ4n) is 1.75. The van der Waals surface area contributed by atoms with Crippen molar-refractivity contribution in [2.45, 2.75) is 26.8 Å². The van der Waals surface area contributed by atoms with Crippen LogP contribution in [0.3, 0.4) is 0 Å². The van der Waals surface area contributed by atoms with Gasteiger partial charge >= 0.3 is 0 Å². The van der Waals surface area contributed by atoms with Crippen LogP contribution in [0.15, 0.2) is 24.3 Å². The molecule has 0 aliphatic rings. The summed E-state index contributed by atoms with van der Waals surface area (Å²) in [5.74, 6) is 0. The highest BCUT2D eigenvalue weighted by atomic mass is 32.1. The molecule has 0 heterocycles. The molecule has 2 N–H and O–H groups in total. The molecule has 88 valence electrons. The minimum absolute atomic E-state index is 0.473. The summed E-state index contributed by atoms with van der Waals surface area (Å²) in [7, 11) is 0. The maximum atomic E-state index is 5.62. The first-order chi connectivity index (χ1) is 7.67. The van der Waals surface area contributed by atoms with Crippen molar-refractivity contribution in [3.63, 3.8) is 0 Å². The molecule has 0 aliphatic heterocycles. The van der Waals surface area contributed by atoms with Crippen molar-refractivity contribution < 1.29 is 0 Å². The minimum atomic E-state index is 0.473. The zero-order chi connectivity index (χ0) is 12.0. The summed E-state index contributed by atoms with van der Waals surface area (Å²) < 4.78 is 0. The van der Waals surface area contributed by atoms with E-state index in [0.717, 1.165) is 25.2 Å². The minimum Gasteiger partial charge on any atom is -0.389 e. The van der Waals surface area contributed by atoms with Gasteiger partial charge in [-0.15, -0.1) is 0 Å². The summed E-state index contributed by atoms with van der Waals surface area (Å²) in [6.45, 7) is 7.57. The second kappa shape index (κ2) is 6.61. The van der Waals surface area contributed by atoms with Crippen molar-refractivity contribution in [2.75, 3.05) is 13.1 Å². The molecular weight excluding hydrogens is 216 g/mol. The highest BCUT2D eigenvalue weighted by Crippen LogP contribution is 2.08. The Balaban J connectivity index is 2.72. The lowest BCUT2D eigenvalue weighted by Gasteiger charge is -2.19. The first-order valence-corrected chi connectivity index (χ1v) is 6.19. The molecule has 0 spiro atoms. The van der Waals surface area contributed by atoms with E-state index in [1.54, 1.807) is 0 Å². The molecule has 1 aromatic carbocycles. The van der Waals surface area contributed by atoms with E-state index in [1.165, 1.54) is 12.0 Å². The van der Waals surface area contributed by atoms with Crippen LogP contribution in [0.2, 0.25) is 0 Å². The molecule has 0 radical (unpaired) electrons. The number of benzene rings is 1. The molecule has 3 heteroatoms. The largest absolute Gasteiger partial charge is 0.389 e. The average molecular weight is 236 g/mol. The average Bonchev–Trinajstić information content (AvgIpc) is 2.29. The normalized spacial score (nSPS) is 10.7. The van der Waals surface area contributed by atoms with Gasteiger partial charge in [0.2, 0.25) is 0 Å². The van der Waals surface area contributed by atoms with Crippen molar-refractivity contribution in [3.8, 4) is 0 Å². The molecule has 0 aliphatic carbocycles. The van der Waals surface area contributed by atoms with E-state index in [9.17, 15) is 0 Å². The van der Waals surface area contributed by atoms with E-state index < -0.39 is 0 Å². The third kappa shape index (κ3) is 3.91. The Morgan fingerprint density at radius 2 is 2.12 bits per heavy atom. The highest BCUT2D eigenvalue weighted by Gasteiger charge is 2.03. The van der Waals surface area contributed by atoms with Crippen molar-refractivity contribution in [3.05, 3.63) is 35.4 Å². The predicted molar refractivity (Wildman–Crippen MR) is 73.6 cm³/mol. The molecule has 1 aromatic rings. The van der Waals surface area contributed by atoms with Gasteiger partial charge in [0, 0.05) is 12.1 Å². The van der Waals surface area contributed by atoms with Crippen LogP contribution in [0.25, 0.3) is 0 Å². The van der Waals surface area contributed by atoms with Gasteiger partial charge in [-0.05, 0) is 31.1 Å². The van der Waals surface area contributed by atoms with E-state index >= 15 is 0 Å². The number of nitrogens with two attached hydrogens (primary N) is 1. The SMILES string of the molecule is CCCN(CC)Cc1cccc(C(N)=S)c1. The topological polar surface area (TPSA) is 29.3 Å². The van der Waals surface area contributed by atoms with Crippen LogP contribution >= 0.6 is 12.2 Å². The Labute approximate surface area is 103 Å². The summed E-state index contributed by atoms with van der Waals surface area (Å²) in [6, 6.07) is 8.19. The third-order valence-corrected chi connectivity index (χ3v) is 2.84. The van der Waals surface area contributed by atoms with Crippen LogP contribution in [0.5, 0.6) is 0 Å². The second-order valence-electron chi connectivity index (χ2n) is 3.93. The maximum Gasteiger partial charge on any atom is 0.103 e. The van der Waals surface area contributed by atoms with E-state index in [0.29, 0.717) is 4.99 Å². The van der Waals surface area contributed by atoms with Crippen LogP contribution in [-0.2, 0) is 6.54 Å². The van der Waals surface area contributed by atoms with Gasteiger partial charge in [-0.1, -0.05) is 44.3 Å². The molecule has 0 aromatic heterocycles. The molecular formula is C13H20N2S. The Morgan fingerprint density at radius 3 is 2.69 bits per heavy atom. The first kappa shape index (κ1) is 13.1. The number of thiocarbonyl (C=S) groups is 1. The van der Waals surface area contributed by atoms with Crippen molar-refractivity contribution >= 4 is 17.2 Å². The van der Waals surface area contributed by atoms with Gasteiger partial charge in [0.25, 0.3) is 0 Å². The van der Waals surface area contributed by atoms with Gasteiger partial charge < -0.3 is 5.73 Å². The summed E-state index contributed by atoms with van der Waals surface area (Å²) in [4.78, 5) is 2.89. The lowest BCUT2D eigenvalue weighted by Crippen LogP contribution is -2.23. The zero-order valence-electron chi connectivity index (χ0n) is 10.1. The maximum absolute atomic E-state index is 5.62. The van der Waals surface area contributed by atoms with Crippen molar-refractivity contribution in [1.29, 1.82) is 0 Å². The highest BCUT2D eigenvalue weighted by molar-refractivity contribution is 7.80. The molecule has 0 amide bonds. The van der Waals surface area contributed by atoms with Gasteiger partial charge in [-0.3, -0.25) is 4.90 Å². The number of hydrogen-bond donors (Lipinski definition) is 1. The van der Waals surface area contributed by atoms with Crippen LogP contribution in [0.1, 0.15) is 31.4 Å². The lowest BCUT2D eigenvalue weighted by atomic mass is 10.1. The van der Waals surface area contributed by atoms with Gasteiger partial charge in [-0.25, -0.2) is 0 Å². The van der Waals surface area contributed by atoms with E-state index in [4.69, 9.17) is 18.0 Å². The monoisotopic (exact) mass is 236 g/mol. The van der Waals surface area contributed by atoms with Crippen molar-refractivity contribution in [1.82, 2.24) is 4.90 Å². The molecule has 0 atom stereocenters. The molecule has 16 heavy (non-hydrogen) atoms. The third-order valence-electron chi connectivity index (χ3n) is 2.60. The van der Waals surface area contributed by atoms with E-state index in [-0.39, 0.29) is 0 Å². The van der Waals surface area contributed by atoms with Crippen LogP contribution in [0, 0.1) is 0 Å². The Hall–Kier alpha value is -0.930. The number of hydrogen-bond acceptors (Lipinski definition) is 2. The van der Waals surface area contributed by atoms with Crippen LogP contribution in [-0.4, -0.2) is 23.0 Å². The standard InChI is InChI=1S/C13H20N2S/c1-3-8-15(4-2)10-11-6-5-7-12(9-11)13(14)16/h5-7,9H,3-4,8,10H2,1-2H3,(H2,14,16). The summed E-state index contributed by atoms with van der Waals surface area (Å²) in [5, 5.41) is 0. The zero-order valence-corrected chi connectivity index (χ0v) is 10.9. The molecule has 1 rings (SSSR count). The van der Waals surface area contributed by atoms with Gasteiger partial charge in [0.1, 0.15) is 4.99 Å². The smallest absolute Gasteiger partial charge is 0.103 e. The van der Waals surface area contributed by atoms with Gasteiger partial charge in [0.15, 0.2) is 0 Å².